The largest absolute Gasteiger partial charge is 0.357 e. The monoisotopic (exact) mass is 573 g/mol. The number of aryl methyl sites for hydroxylation is 1. The maximum atomic E-state index is 15.1. The summed E-state index contributed by atoms with van der Waals surface area (Å²) in [5.41, 5.74) is 2.27. The lowest BCUT2D eigenvalue weighted by molar-refractivity contribution is -0.139. The van der Waals surface area contributed by atoms with E-state index in [9.17, 15) is 18.0 Å². The number of carbonyl (C=O) groups excluding carboxylic acids is 2. The van der Waals surface area contributed by atoms with Gasteiger partial charge in [0, 0.05) is 20.0 Å². The van der Waals surface area contributed by atoms with Crippen LogP contribution in [-0.2, 0) is 32.6 Å². The van der Waals surface area contributed by atoms with Crippen LogP contribution in [0.1, 0.15) is 16.7 Å². The summed E-state index contributed by atoms with van der Waals surface area (Å²) in [6.45, 7) is 1.23. The Morgan fingerprint density at radius 3 is 2.05 bits per heavy atom. The van der Waals surface area contributed by atoms with Crippen LogP contribution in [-0.4, -0.2) is 44.8 Å². The molecule has 4 aromatic carbocycles. The van der Waals surface area contributed by atoms with Gasteiger partial charge in [0.25, 0.3) is 10.0 Å². The Morgan fingerprint density at radius 2 is 1.41 bits per heavy atom. The number of hydrogen-bond acceptors (Lipinski definition) is 4. The third-order valence-corrected chi connectivity index (χ3v) is 8.62. The van der Waals surface area contributed by atoms with E-state index in [1.54, 1.807) is 18.2 Å². The number of nitrogens with one attached hydrogen (secondary N) is 1. The molecule has 0 aliphatic carbocycles. The van der Waals surface area contributed by atoms with Gasteiger partial charge < -0.3 is 10.2 Å². The fourth-order valence-electron chi connectivity index (χ4n) is 4.58. The second-order valence-electron chi connectivity index (χ2n) is 9.54. The van der Waals surface area contributed by atoms with E-state index in [0.717, 1.165) is 27.1 Å². The van der Waals surface area contributed by atoms with Crippen molar-refractivity contribution in [1.82, 2.24) is 10.2 Å². The summed E-state index contributed by atoms with van der Waals surface area (Å²) < 4.78 is 43.5. The minimum Gasteiger partial charge on any atom is -0.357 e. The van der Waals surface area contributed by atoms with Crippen LogP contribution >= 0.6 is 0 Å². The lowest BCUT2D eigenvalue weighted by Gasteiger charge is -2.34. The normalized spacial score (nSPS) is 11.9. The second-order valence-corrected chi connectivity index (χ2v) is 11.4. The number of sulfonamides is 1. The molecule has 4 rings (SSSR count). The van der Waals surface area contributed by atoms with Crippen molar-refractivity contribution < 1.29 is 22.4 Å². The SMILES string of the molecule is CNC(=O)[C@H](Cc1ccccc1)N(Cc1ccccc1C)C(=O)CN(c1ccccc1F)S(=O)(=O)c1ccccc1. The van der Waals surface area contributed by atoms with Crippen molar-refractivity contribution in [3.05, 3.63) is 132 Å². The van der Waals surface area contributed by atoms with Crippen LogP contribution in [0.3, 0.4) is 0 Å². The average Bonchev–Trinajstić information content (AvgIpc) is 2.99. The van der Waals surface area contributed by atoms with Crippen molar-refractivity contribution in [2.45, 2.75) is 30.8 Å². The van der Waals surface area contributed by atoms with Crippen molar-refractivity contribution in [3.8, 4) is 0 Å². The molecule has 2 amide bonds. The molecule has 0 heterocycles. The van der Waals surface area contributed by atoms with Crippen LogP contribution in [0.25, 0.3) is 0 Å². The lowest BCUT2D eigenvalue weighted by Crippen LogP contribution is -2.53. The zero-order valence-electron chi connectivity index (χ0n) is 22.9. The van der Waals surface area contributed by atoms with Gasteiger partial charge in [0.15, 0.2) is 0 Å². The standard InChI is InChI=1S/C32H32FN3O4S/c1-24-13-9-10-16-26(24)22-35(30(32(38)34-2)21-25-14-5-3-6-15-25)31(37)23-36(29-20-12-11-19-28(29)33)41(39,40)27-17-7-4-8-18-27/h3-20,30H,21-23H2,1-2H3,(H,34,38)/t30-/m0/s1. The van der Waals surface area contributed by atoms with Crippen molar-refractivity contribution in [2.75, 3.05) is 17.9 Å². The number of hydrogen-bond donors (Lipinski definition) is 1. The van der Waals surface area contributed by atoms with Gasteiger partial charge in [-0.1, -0.05) is 84.9 Å². The van der Waals surface area contributed by atoms with Gasteiger partial charge in [0.1, 0.15) is 18.4 Å². The Morgan fingerprint density at radius 1 is 0.829 bits per heavy atom. The number of likely N-dealkylation sites (N-methyl/N-ethyl adjacent to an activating group) is 1. The number of rotatable bonds is 11. The summed E-state index contributed by atoms with van der Waals surface area (Å²) in [6, 6.07) is 28.7. The number of nitrogens with zero attached hydrogens (tertiary/aromatic N) is 2. The highest BCUT2D eigenvalue weighted by Gasteiger charge is 2.35. The molecule has 41 heavy (non-hydrogen) atoms. The number of benzene rings is 4. The lowest BCUT2D eigenvalue weighted by atomic mass is 10.0. The second kappa shape index (κ2) is 13.2. The Balaban J connectivity index is 1.80. The highest BCUT2D eigenvalue weighted by Crippen LogP contribution is 2.27. The van der Waals surface area contributed by atoms with Gasteiger partial charge in [-0.2, -0.15) is 0 Å². The van der Waals surface area contributed by atoms with Gasteiger partial charge in [-0.25, -0.2) is 12.8 Å². The maximum Gasteiger partial charge on any atom is 0.264 e. The molecule has 7 nitrogen and oxygen atoms in total. The zero-order valence-corrected chi connectivity index (χ0v) is 23.7. The first-order valence-corrected chi connectivity index (χ1v) is 14.6. The summed E-state index contributed by atoms with van der Waals surface area (Å²) in [5.74, 6) is -1.85. The minimum absolute atomic E-state index is 0.0485. The fraction of sp³-hybridized carbons (Fsp3) is 0.188. The van der Waals surface area contributed by atoms with E-state index in [2.05, 4.69) is 5.32 Å². The van der Waals surface area contributed by atoms with Crippen LogP contribution in [0.4, 0.5) is 10.1 Å². The molecule has 0 aromatic heterocycles. The van der Waals surface area contributed by atoms with Gasteiger partial charge >= 0.3 is 0 Å². The Labute approximate surface area is 240 Å². The molecular weight excluding hydrogens is 541 g/mol. The third kappa shape index (κ3) is 6.99. The van der Waals surface area contributed by atoms with Crippen LogP contribution in [0.2, 0.25) is 0 Å². The van der Waals surface area contributed by atoms with Crippen LogP contribution in [0.15, 0.2) is 114 Å². The molecule has 0 aliphatic heterocycles. The van der Waals surface area contributed by atoms with Gasteiger partial charge in [0.2, 0.25) is 11.8 Å². The van der Waals surface area contributed by atoms with E-state index in [0.29, 0.717) is 0 Å². The molecule has 0 radical (unpaired) electrons. The molecule has 4 aromatic rings. The fourth-order valence-corrected chi connectivity index (χ4v) is 6.02. The summed E-state index contributed by atoms with van der Waals surface area (Å²) in [5, 5.41) is 2.65. The van der Waals surface area contributed by atoms with Gasteiger partial charge in [0.05, 0.1) is 10.6 Å². The van der Waals surface area contributed by atoms with Gasteiger partial charge in [-0.3, -0.25) is 13.9 Å². The predicted octanol–water partition coefficient (Wildman–Crippen LogP) is 4.72. The first-order valence-electron chi connectivity index (χ1n) is 13.1. The topological polar surface area (TPSA) is 86.8 Å². The van der Waals surface area contributed by atoms with E-state index < -0.39 is 40.2 Å². The van der Waals surface area contributed by atoms with Crippen LogP contribution in [0, 0.1) is 12.7 Å². The number of para-hydroxylation sites is 1. The van der Waals surface area contributed by atoms with Gasteiger partial charge in [-0.15, -0.1) is 0 Å². The smallest absolute Gasteiger partial charge is 0.264 e. The van der Waals surface area contributed by atoms with Crippen molar-refractivity contribution in [2.24, 2.45) is 0 Å². The summed E-state index contributed by atoms with van der Waals surface area (Å²) in [6.07, 6.45) is 0.198. The number of anilines is 1. The van der Waals surface area contributed by atoms with E-state index >= 15 is 4.39 Å². The Kier molecular flexibility index (Phi) is 9.52. The van der Waals surface area contributed by atoms with E-state index in [1.165, 1.54) is 42.3 Å². The van der Waals surface area contributed by atoms with E-state index in [1.807, 2.05) is 61.5 Å². The summed E-state index contributed by atoms with van der Waals surface area (Å²) >= 11 is 0. The Bertz CT molecular complexity index is 1600. The number of carbonyl (C=O) groups is 2. The minimum atomic E-state index is -4.35. The highest BCUT2D eigenvalue weighted by molar-refractivity contribution is 7.92. The van der Waals surface area contributed by atoms with Gasteiger partial charge in [-0.05, 0) is 47.9 Å². The van der Waals surface area contributed by atoms with E-state index in [-0.39, 0.29) is 23.5 Å². The third-order valence-electron chi connectivity index (χ3n) is 6.85. The molecule has 0 bridgehead atoms. The van der Waals surface area contributed by atoms with Crippen molar-refractivity contribution in [1.29, 1.82) is 0 Å². The molecule has 0 unspecified atom stereocenters. The summed E-state index contributed by atoms with van der Waals surface area (Å²) in [7, 11) is -2.86. The molecular formula is C32H32FN3O4S. The summed E-state index contributed by atoms with van der Waals surface area (Å²) in [4.78, 5) is 28.8. The first-order chi connectivity index (χ1) is 19.7. The molecule has 0 aliphatic rings. The predicted molar refractivity (Wildman–Crippen MR) is 157 cm³/mol. The molecule has 0 spiro atoms. The molecule has 1 N–H and O–H groups in total. The number of halogens is 1. The number of amides is 2. The molecule has 1 atom stereocenters. The molecule has 0 fully saturated rings. The highest BCUT2D eigenvalue weighted by atomic mass is 32.2. The van der Waals surface area contributed by atoms with Crippen molar-refractivity contribution >= 4 is 27.5 Å². The molecule has 212 valence electrons. The van der Waals surface area contributed by atoms with Crippen LogP contribution < -0.4 is 9.62 Å². The molecule has 9 heteroatoms. The maximum absolute atomic E-state index is 15.1. The zero-order chi connectivity index (χ0) is 29.4. The van der Waals surface area contributed by atoms with Crippen molar-refractivity contribution in [3.63, 3.8) is 0 Å². The average molecular weight is 574 g/mol. The van der Waals surface area contributed by atoms with E-state index in [4.69, 9.17) is 0 Å². The van der Waals surface area contributed by atoms with Crippen LogP contribution in [0.5, 0.6) is 0 Å². The quantitative estimate of drug-likeness (QED) is 0.282. The molecule has 0 saturated carbocycles. The Hall–Kier alpha value is -4.50. The molecule has 0 saturated heterocycles. The first kappa shape index (κ1) is 29.5.